The van der Waals surface area contributed by atoms with Crippen molar-refractivity contribution in [2.45, 2.75) is 26.4 Å². The van der Waals surface area contributed by atoms with Crippen LogP contribution in [0.25, 0.3) is 11.6 Å². The highest BCUT2D eigenvalue weighted by atomic mass is 19.1. The van der Waals surface area contributed by atoms with Gasteiger partial charge in [-0.1, -0.05) is 0 Å². The summed E-state index contributed by atoms with van der Waals surface area (Å²) in [5.74, 6) is -1.53. The number of methoxy groups -OCH3 is 2. The normalized spacial score (nSPS) is 14.4. The van der Waals surface area contributed by atoms with Gasteiger partial charge < -0.3 is 35.1 Å². The fraction of sp³-hybridized carbons (Fsp3) is 0.423. The van der Waals surface area contributed by atoms with E-state index in [9.17, 15) is 23.9 Å². The molecule has 200 valence electrons. The van der Waals surface area contributed by atoms with E-state index in [0.29, 0.717) is 60.1 Å². The number of carbonyl (C=O) groups excluding carboxylic acids is 3. The van der Waals surface area contributed by atoms with E-state index < -0.39 is 17.8 Å². The van der Waals surface area contributed by atoms with E-state index in [2.05, 4.69) is 15.6 Å². The van der Waals surface area contributed by atoms with E-state index in [-0.39, 0.29) is 30.4 Å². The predicted octanol–water partition coefficient (Wildman–Crippen LogP) is 1.87. The van der Waals surface area contributed by atoms with Crippen molar-refractivity contribution in [2.75, 3.05) is 52.4 Å². The number of hydrogen-bond acceptors (Lipinski definition) is 6. The molecule has 2 aromatic rings. The molecule has 1 unspecified atom stereocenters. The van der Waals surface area contributed by atoms with Crippen LogP contribution in [0.2, 0.25) is 0 Å². The molecule has 0 radical (unpaired) electrons. The molecule has 1 aliphatic heterocycles. The van der Waals surface area contributed by atoms with Gasteiger partial charge in [-0.2, -0.15) is 0 Å². The number of anilines is 1. The second-order valence-corrected chi connectivity index (χ2v) is 8.80. The van der Waals surface area contributed by atoms with Crippen molar-refractivity contribution in [1.29, 1.82) is 0 Å². The summed E-state index contributed by atoms with van der Waals surface area (Å²) in [6.45, 7) is 4.77. The van der Waals surface area contributed by atoms with Crippen LogP contribution in [0.5, 0.6) is 0 Å². The number of H-pyrrole nitrogens is 1. The molecule has 1 aliphatic rings. The van der Waals surface area contributed by atoms with E-state index in [1.165, 1.54) is 32.4 Å². The molecule has 3 amide bonds. The Morgan fingerprint density at radius 1 is 1.19 bits per heavy atom. The Bertz CT molecular complexity index is 1180. The molecule has 0 fully saturated rings. The van der Waals surface area contributed by atoms with Crippen LogP contribution < -0.4 is 10.6 Å². The van der Waals surface area contributed by atoms with Crippen LogP contribution in [0.3, 0.4) is 0 Å². The average molecular weight is 517 g/mol. The van der Waals surface area contributed by atoms with Gasteiger partial charge in [0.25, 0.3) is 11.8 Å². The number of nitrogens with zero attached hydrogens (tertiary/aromatic N) is 1. The molecule has 37 heavy (non-hydrogen) atoms. The lowest BCUT2D eigenvalue weighted by Crippen LogP contribution is -2.40. The van der Waals surface area contributed by atoms with Crippen LogP contribution in [-0.2, 0) is 19.1 Å². The van der Waals surface area contributed by atoms with E-state index in [4.69, 9.17) is 9.47 Å². The number of benzene rings is 1. The SMILES string of the molecule is COCCN(CCOC)C(=O)CC(O)CNC(=O)c1c(C)[nH]c(/C=C2\C(=O)Nc3ccc(F)cc32)c1C. The zero-order chi connectivity index (χ0) is 27.1. The molecule has 3 rings (SSSR count). The molecule has 10 nitrogen and oxygen atoms in total. The van der Waals surface area contributed by atoms with Crippen molar-refractivity contribution >= 4 is 35.1 Å². The maximum Gasteiger partial charge on any atom is 0.256 e. The second-order valence-electron chi connectivity index (χ2n) is 8.80. The monoisotopic (exact) mass is 516 g/mol. The standard InChI is InChI=1S/C26H33FN4O6/c1-15-22(13-20-19-11-17(27)5-6-21(19)30-25(20)34)29-16(2)24(15)26(35)28-14-18(32)12-23(33)31(7-9-36-3)8-10-37-4/h5-6,11,13,18,29,32H,7-10,12,14H2,1-4H3,(H,28,35)(H,30,34)/b20-13-. The van der Waals surface area contributed by atoms with Gasteiger partial charge in [0.2, 0.25) is 5.91 Å². The van der Waals surface area contributed by atoms with Gasteiger partial charge in [-0.3, -0.25) is 14.4 Å². The van der Waals surface area contributed by atoms with Crippen molar-refractivity contribution in [3.8, 4) is 0 Å². The van der Waals surface area contributed by atoms with E-state index in [1.54, 1.807) is 24.8 Å². The smallest absolute Gasteiger partial charge is 0.256 e. The lowest BCUT2D eigenvalue weighted by Gasteiger charge is -2.23. The van der Waals surface area contributed by atoms with Gasteiger partial charge in [0, 0.05) is 56.5 Å². The summed E-state index contributed by atoms with van der Waals surface area (Å²) in [4.78, 5) is 42.6. The van der Waals surface area contributed by atoms with E-state index in [0.717, 1.165) is 0 Å². The third-order valence-electron chi connectivity index (χ3n) is 6.15. The molecule has 11 heteroatoms. The van der Waals surface area contributed by atoms with Crippen molar-refractivity contribution in [3.05, 3.63) is 52.1 Å². The summed E-state index contributed by atoms with van der Waals surface area (Å²) in [5, 5.41) is 15.7. The third kappa shape index (κ3) is 6.82. The third-order valence-corrected chi connectivity index (χ3v) is 6.15. The maximum absolute atomic E-state index is 13.8. The first-order valence-corrected chi connectivity index (χ1v) is 11.9. The quantitative estimate of drug-likeness (QED) is 0.319. The largest absolute Gasteiger partial charge is 0.391 e. The Kier molecular flexibility index (Phi) is 9.56. The van der Waals surface area contributed by atoms with Gasteiger partial charge in [0.15, 0.2) is 0 Å². The number of aromatic amines is 1. The number of halogens is 1. The Hall–Kier alpha value is -3.54. The Balaban J connectivity index is 1.67. The molecule has 0 bridgehead atoms. The highest BCUT2D eigenvalue weighted by Crippen LogP contribution is 2.34. The minimum absolute atomic E-state index is 0.123. The Morgan fingerprint density at radius 3 is 2.51 bits per heavy atom. The number of rotatable bonds is 12. The summed E-state index contributed by atoms with van der Waals surface area (Å²) in [7, 11) is 3.08. The zero-order valence-corrected chi connectivity index (χ0v) is 21.4. The molecule has 0 saturated heterocycles. The van der Waals surface area contributed by atoms with Crippen molar-refractivity contribution in [2.24, 2.45) is 0 Å². The summed E-state index contributed by atoms with van der Waals surface area (Å²) < 4.78 is 23.8. The van der Waals surface area contributed by atoms with Crippen LogP contribution in [-0.4, -0.2) is 85.9 Å². The number of aliphatic hydroxyl groups is 1. The molecule has 0 saturated carbocycles. The number of aliphatic hydroxyl groups excluding tert-OH is 1. The molecular weight excluding hydrogens is 483 g/mol. The minimum Gasteiger partial charge on any atom is -0.391 e. The maximum atomic E-state index is 13.8. The first kappa shape index (κ1) is 28.0. The fourth-order valence-electron chi connectivity index (χ4n) is 4.17. The topological polar surface area (TPSA) is 133 Å². The van der Waals surface area contributed by atoms with Crippen LogP contribution >= 0.6 is 0 Å². The predicted molar refractivity (Wildman–Crippen MR) is 136 cm³/mol. The fourth-order valence-corrected chi connectivity index (χ4v) is 4.17. The molecule has 0 aliphatic carbocycles. The lowest BCUT2D eigenvalue weighted by atomic mass is 10.0. The van der Waals surface area contributed by atoms with Crippen molar-refractivity contribution < 1.29 is 33.4 Å². The van der Waals surface area contributed by atoms with Gasteiger partial charge in [-0.15, -0.1) is 0 Å². The first-order chi connectivity index (χ1) is 17.7. The van der Waals surface area contributed by atoms with E-state index in [1.807, 2.05) is 0 Å². The van der Waals surface area contributed by atoms with Gasteiger partial charge in [-0.25, -0.2) is 4.39 Å². The molecule has 0 spiro atoms. The Morgan fingerprint density at radius 2 is 1.86 bits per heavy atom. The van der Waals surface area contributed by atoms with Crippen LogP contribution in [0.1, 0.15) is 39.3 Å². The number of hydrogen-bond donors (Lipinski definition) is 4. The molecule has 4 N–H and O–H groups in total. The Labute approximate surface area is 214 Å². The molecule has 1 aromatic heterocycles. The van der Waals surface area contributed by atoms with Gasteiger partial charge in [0.05, 0.1) is 36.9 Å². The number of fused-ring (bicyclic) bond motifs is 1. The minimum atomic E-state index is -1.08. The van der Waals surface area contributed by atoms with Gasteiger partial charge in [-0.05, 0) is 43.7 Å². The number of aryl methyl sites for hydroxylation is 1. The number of aromatic nitrogens is 1. The highest BCUT2D eigenvalue weighted by Gasteiger charge is 2.26. The van der Waals surface area contributed by atoms with Crippen molar-refractivity contribution in [3.63, 3.8) is 0 Å². The second kappa shape index (κ2) is 12.6. The molecule has 2 heterocycles. The number of carbonyl (C=O) groups is 3. The number of amides is 3. The lowest BCUT2D eigenvalue weighted by molar-refractivity contribution is -0.134. The van der Waals surface area contributed by atoms with Crippen molar-refractivity contribution in [1.82, 2.24) is 15.2 Å². The molecule has 1 atom stereocenters. The number of nitrogens with one attached hydrogen (secondary N) is 3. The molecule has 1 aromatic carbocycles. The van der Waals surface area contributed by atoms with Crippen LogP contribution in [0.4, 0.5) is 10.1 Å². The first-order valence-electron chi connectivity index (χ1n) is 11.9. The average Bonchev–Trinajstić information content (AvgIpc) is 3.31. The van der Waals surface area contributed by atoms with Gasteiger partial charge >= 0.3 is 0 Å². The van der Waals surface area contributed by atoms with Crippen LogP contribution in [0.15, 0.2) is 18.2 Å². The van der Waals surface area contributed by atoms with Gasteiger partial charge in [0.1, 0.15) is 5.82 Å². The summed E-state index contributed by atoms with van der Waals surface area (Å²) in [6, 6.07) is 4.05. The van der Waals surface area contributed by atoms with Crippen LogP contribution in [0, 0.1) is 19.7 Å². The molecular formula is C26H33FN4O6. The van der Waals surface area contributed by atoms with E-state index >= 15 is 0 Å². The summed E-state index contributed by atoms with van der Waals surface area (Å²) in [6.07, 6.45) is 0.335. The zero-order valence-electron chi connectivity index (χ0n) is 21.4. The number of ether oxygens (including phenoxy) is 2. The summed E-state index contributed by atoms with van der Waals surface area (Å²) in [5.41, 5.74) is 3.30. The summed E-state index contributed by atoms with van der Waals surface area (Å²) >= 11 is 0. The highest BCUT2D eigenvalue weighted by molar-refractivity contribution is 6.34.